The lowest BCUT2D eigenvalue weighted by Gasteiger charge is -2.10. The molecule has 0 unspecified atom stereocenters. The Morgan fingerprint density at radius 1 is 1.24 bits per heavy atom. The molecule has 0 aliphatic rings. The van der Waals surface area contributed by atoms with Gasteiger partial charge in [-0.25, -0.2) is 9.50 Å². The number of carbonyl (C=O) groups is 1. The predicted molar refractivity (Wildman–Crippen MR) is 120 cm³/mol. The number of hydrogen-bond donors (Lipinski definition) is 1. The van der Waals surface area contributed by atoms with E-state index >= 15 is 0 Å². The zero-order chi connectivity index (χ0) is 21.0. The van der Waals surface area contributed by atoms with E-state index < -0.39 is 0 Å². The second-order valence-corrected chi connectivity index (χ2v) is 7.00. The maximum absolute atomic E-state index is 11.8. The zero-order valence-electron chi connectivity index (χ0n) is 17.4. The largest absolute Gasteiger partial charge is 0.339 e. The summed E-state index contributed by atoms with van der Waals surface area (Å²) in [4.78, 5) is 16.1. The van der Waals surface area contributed by atoms with Gasteiger partial charge in [-0.1, -0.05) is 43.9 Å². The van der Waals surface area contributed by atoms with E-state index in [0.29, 0.717) is 17.2 Å². The Morgan fingerprint density at radius 2 is 2.03 bits per heavy atom. The molecule has 148 valence electrons. The number of fused-ring (bicyclic) bond motifs is 1. The average Bonchev–Trinajstić information content (AvgIpc) is 3.13. The van der Waals surface area contributed by atoms with Gasteiger partial charge in [-0.05, 0) is 60.7 Å². The van der Waals surface area contributed by atoms with Gasteiger partial charge in [0, 0.05) is 12.6 Å². The summed E-state index contributed by atoms with van der Waals surface area (Å²) in [6.45, 7) is 11.5. The second-order valence-electron chi connectivity index (χ2n) is 7.00. The minimum absolute atomic E-state index is 0.0664. The Morgan fingerprint density at radius 3 is 2.72 bits per heavy atom. The predicted octanol–water partition coefficient (Wildman–Crippen LogP) is 5.91. The lowest BCUT2D eigenvalue weighted by atomic mass is 10.1. The van der Waals surface area contributed by atoms with Crippen LogP contribution in [0.4, 0.5) is 11.5 Å². The summed E-state index contributed by atoms with van der Waals surface area (Å²) in [5.41, 5.74) is 6.52. The Bertz CT molecular complexity index is 1130. The van der Waals surface area contributed by atoms with E-state index in [0.717, 1.165) is 28.8 Å². The minimum atomic E-state index is -0.0664. The van der Waals surface area contributed by atoms with Crippen LogP contribution in [-0.2, 0) is 0 Å². The normalized spacial score (nSPS) is 12.3. The molecule has 0 fully saturated rings. The molecular formula is C24H26N4O. The van der Waals surface area contributed by atoms with E-state index in [2.05, 4.69) is 60.1 Å². The number of allylic oxidation sites excluding steroid dienone is 5. The van der Waals surface area contributed by atoms with Gasteiger partial charge in [-0.15, -0.1) is 5.10 Å². The second kappa shape index (κ2) is 8.69. The van der Waals surface area contributed by atoms with Crippen molar-refractivity contribution in [3.8, 4) is 0 Å². The van der Waals surface area contributed by atoms with Crippen LogP contribution in [0.5, 0.6) is 0 Å². The zero-order valence-corrected chi connectivity index (χ0v) is 17.4. The number of carbonyl (C=O) groups excluding carboxylic acids is 1. The quantitative estimate of drug-likeness (QED) is 0.405. The topological polar surface area (TPSA) is 59.3 Å². The highest BCUT2D eigenvalue weighted by molar-refractivity contribution is 5.93. The molecule has 1 aromatic carbocycles. The first kappa shape index (κ1) is 20.3. The molecule has 5 nitrogen and oxygen atoms in total. The third-order valence-corrected chi connectivity index (χ3v) is 4.82. The third kappa shape index (κ3) is 4.51. The third-order valence-electron chi connectivity index (χ3n) is 4.82. The summed E-state index contributed by atoms with van der Waals surface area (Å²) in [5.74, 6) is 0.595. The molecule has 5 heteroatoms. The molecule has 0 saturated heterocycles. The number of aromatic nitrogens is 3. The number of Topliss-reactive ketones (excluding diaryl/α,β-unsaturated/α-hetero) is 1. The van der Waals surface area contributed by atoms with Crippen molar-refractivity contribution >= 4 is 28.5 Å². The lowest BCUT2D eigenvalue weighted by Crippen LogP contribution is -2.06. The maximum atomic E-state index is 11.8. The number of anilines is 2. The highest BCUT2D eigenvalue weighted by atomic mass is 16.1. The van der Waals surface area contributed by atoms with E-state index in [1.54, 1.807) is 10.7 Å². The molecule has 2 heterocycles. The molecule has 0 spiro atoms. The van der Waals surface area contributed by atoms with Crippen LogP contribution in [0.25, 0.3) is 11.2 Å². The van der Waals surface area contributed by atoms with Gasteiger partial charge >= 0.3 is 0 Å². The van der Waals surface area contributed by atoms with Gasteiger partial charge in [0.2, 0.25) is 0 Å². The number of rotatable bonds is 7. The monoisotopic (exact) mass is 386 g/mol. The summed E-state index contributed by atoms with van der Waals surface area (Å²) in [6, 6.07) is 10.1. The number of aryl methyl sites for hydroxylation is 1. The summed E-state index contributed by atoms with van der Waals surface area (Å²) in [5, 5.41) is 7.90. The van der Waals surface area contributed by atoms with Crippen LogP contribution in [-0.4, -0.2) is 20.4 Å². The number of imidazole rings is 1. The molecule has 0 atom stereocenters. The van der Waals surface area contributed by atoms with Gasteiger partial charge in [0.25, 0.3) is 0 Å². The number of ketones is 1. The van der Waals surface area contributed by atoms with Gasteiger partial charge in [0.1, 0.15) is 5.69 Å². The van der Waals surface area contributed by atoms with Crippen LogP contribution in [0.2, 0.25) is 0 Å². The molecule has 0 bridgehead atoms. The minimum Gasteiger partial charge on any atom is -0.339 e. The van der Waals surface area contributed by atoms with Crippen LogP contribution < -0.4 is 5.32 Å². The summed E-state index contributed by atoms with van der Waals surface area (Å²) < 4.78 is 1.60. The molecule has 0 amide bonds. The Kier molecular flexibility index (Phi) is 6.07. The van der Waals surface area contributed by atoms with Crippen LogP contribution in [0, 0.1) is 6.92 Å². The van der Waals surface area contributed by atoms with Gasteiger partial charge in [-0.2, -0.15) is 0 Å². The van der Waals surface area contributed by atoms with Crippen molar-refractivity contribution in [3.63, 3.8) is 0 Å². The number of hydrogen-bond acceptors (Lipinski definition) is 4. The molecule has 0 radical (unpaired) electrons. The summed E-state index contributed by atoms with van der Waals surface area (Å²) >= 11 is 0. The van der Waals surface area contributed by atoms with E-state index in [4.69, 9.17) is 0 Å². The average molecular weight is 386 g/mol. The number of nitrogens with one attached hydrogen (secondary N) is 1. The van der Waals surface area contributed by atoms with Crippen LogP contribution in [0.3, 0.4) is 0 Å². The van der Waals surface area contributed by atoms with Gasteiger partial charge in [0.15, 0.2) is 17.2 Å². The highest BCUT2D eigenvalue weighted by Crippen LogP contribution is 2.23. The fourth-order valence-corrected chi connectivity index (χ4v) is 3.07. The molecule has 29 heavy (non-hydrogen) atoms. The Hall–Kier alpha value is -3.47. The Labute approximate surface area is 171 Å². The first-order chi connectivity index (χ1) is 13.9. The summed E-state index contributed by atoms with van der Waals surface area (Å²) in [7, 11) is 0. The van der Waals surface area contributed by atoms with Gasteiger partial charge in [0.05, 0.1) is 6.20 Å². The fraction of sp³-hybridized carbons (Fsp3) is 0.208. The number of nitrogens with zero attached hydrogens (tertiary/aromatic N) is 3. The van der Waals surface area contributed by atoms with Crippen molar-refractivity contribution in [1.29, 1.82) is 0 Å². The highest BCUT2D eigenvalue weighted by Gasteiger charge is 2.12. The molecule has 0 aliphatic carbocycles. The first-order valence-electron chi connectivity index (χ1n) is 9.66. The Balaban J connectivity index is 1.91. The lowest BCUT2D eigenvalue weighted by molar-refractivity contribution is 0.101. The van der Waals surface area contributed by atoms with Crippen molar-refractivity contribution in [2.24, 2.45) is 0 Å². The van der Waals surface area contributed by atoms with Crippen molar-refractivity contribution in [3.05, 3.63) is 83.7 Å². The molecule has 1 N–H and O–H groups in total. The van der Waals surface area contributed by atoms with E-state index in [1.807, 2.05) is 31.2 Å². The maximum Gasteiger partial charge on any atom is 0.179 e. The van der Waals surface area contributed by atoms with Gasteiger partial charge in [-0.3, -0.25) is 4.79 Å². The van der Waals surface area contributed by atoms with Crippen molar-refractivity contribution in [2.75, 3.05) is 5.32 Å². The van der Waals surface area contributed by atoms with E-state index in [9.17, 15) is 4.79 Å². The van der Waals surface area contributed by atoms with E-state index in [-0.39, 0.29) is 5.78 Å². The number of benzene rings is 1. The van der Waals surface area contributed by atoms with Crippen molar-refractivity contribution in [2.45, 2.75) is 34.1 Å². The molecule has 3 rings (SSSR count). The van der Waals surface area contributed by atoms with Crippen LogP contribution in [0.15, 0.2) is 66.9 Å². The van der Waals surface area contributed by atoms with Crippen molar-refractivity contribution in [1.82, 2.24) is 14.6 Å². The van der Waals surface area contributed by atoms with Crippen LogP contribution >= 0.6 is 0 Å². The fourth-order valence-electron chi connectivity index (χ4n) is 3.07. The van der Waals surface area contributed by atoms with E-state index in [1.165, 1.54) is 12.5 Å². The molecule has 0 aliphatic heterocycles. The van der Waals surface area contributed by atoms with Crippen LogP contribution in [0.1, 0.15) is 48.8 Å². The van der Waals surface area contributed by atoms with Crippen molar-refractivity contribution < 1.29 is 4.79 Å². The van der Waals surface area contributed by atoms with Gasteiger partial charge < -0.3 is 5.32 Å². The smallest absolute Gasteiger partial charge is 0.179 e. The SMILES string of the molecule is C=C/C(=C\C=C(/C)c1cccc(Nc2cc(C)c3ncc(C(C)=O)n3n2)c1)CC. The molecular weight excluding hydrogens is 360 g/mol. The molecule has 2 aromatic heterocycles. The molecule has 3 aromatic rings. The first-order valence-corrected chi connectivity index (χ1v) is 9.66. The summed E-state index contributed by atoms with van der Waals surface area (Å²) in [6.07, 6.45) is 8.62. The standard InChI is InChI=1S/C24H26N4O/c1-6-19(7-2)12-11-16(3)20-9-8-10-21(14-20)26-23-13-17(4)24-25-15-22(18(5)29)28(24)27-23/h6,8-15H,1,7H2,2-5H3,(H,26,27)/b16-11+,19-12+. The molecule has 0 saturated carbocycles.